The van der Waals surface area contributed by atoms with Gasteiger partial charge in [-0.2, -0.15) is 0 Å². The molecule has 0 bridgehead atoms. The standard InChI is InChI=1S/C29H33N3O2S2/c1-18-15-23-27(26(35-28(23)19(2)31-18)17-22(33)7-5-4-6-14-34-3)29-32-24-9-8-21(16-25(24)36-29)20-10-12-30-13-11-20/h8-13,16,18-19,31H,4-7,14-15,17H2,1-3H3. The highest BCUT2D eigenvalue weighted by atomic mass is 32.1. The average Bonchev–Trinajstić information content (AvgIpc) is 3.44. The molecule has 1 N–H and O–H groups in total. The van der Waals surface area contributed by atoms with Crippen LogP contribution in [0.25, 0.3) is 31.9 Å². The molecule has 3 aromatic heterocycles. The van der Waals surface area contributed by atoms with Crippen molar-refractivity contribution in [2.45, 2.75) is 64.5 Å². The zero-order chi connectivity index (χ0) is 25.1. The third kappa shape index (κ3) is 5.44. The van der Waals surface area contributed by atoms with E-state index in [1.165, 1.54) is 31.1 Å². The number of hydrogen-bond acceptors (Lipinski definition) is 7. The number of fused-ring (bicyclic) bond motifs is 2. The number of unbranched alkanes of at least 4 members (excludes halogenated alkanes) is 2. The van der Waals surface area contributed by atoms with Crippen LogP contribution in [0.15, 0.2) is 42.7 Å². The molecule has 2 unspecified atom stereocenters. The molecule has 4 aromatic rings. The first kappa shape index (κ1) is 25.2. The number of rotatable bonds is 10. The number of Topliss-reactive ketones (excluding diaryl/α,β-unsaturated/α-hetero) is 1. The number of aromatic nitrogens is 2. The fourth-order valence-electron chi connectivity index (χ4n) is 5.10. The molecule has 1 aliphatic heterocycles. The number of hydrogen-bond donors (Lipinski definition) is 1. The van der Waals surface area contributed by atoms with Crippen molar-refractivity contribution in [2.24, 2.45) is 0 Å². The molecule has 36 heavy (non-hydrogen) atoms. The highest BCUT2D eigenvalue weighted by Crippen LogP contribution is 2.45. The number of nitrogens with one attached hydrogen (secondary N) is 1. The van der Waals surface area contributed by atoms with Gasteiger partial charge in [0.1, 0.15) is 10.8 Å². The van der Waals surface area contributed by atoms with Crippen LogP contribution in [-0.4, -0.2) is 35.5 Å². The van der Waals surface area contributed by atoms with Crippen LogP contribution in [0.1, 0.15) is 60.9 Å². The monoisotopic (exact) mass is 519 g/mol. The third-order valence-electron chi connectivity index (χ3n) is 6.83. The second kappa shape index (κ2) is 11.3. The number of thiophene rings is 1. The largest absolute Gasteiger partial charge is 0.385 e. The van der Waals surface area contributed by atoms with Crippen molar-refractivity contribution in [1.29, 1.82) is 0 Å². The summed E-state index contributed by atoms with van der Waals surface area (Å²) in [5.74, 6) is 0.321. The molecule has 188 valence electrons. The molecule has 5 nitrogen and oxygen atoms in total. The molecule has 1 aromatic carbocycles. The van der Waals surface area contributed by atoms with E-state index in [4.69, 9.17) is 9.72 Å². The van der Waals surface area contributed by atoms with E-state index in [2.05, 4.69) is 42.3 Å². The second-order valence-corrected chi connectivity index (χ2v) is 11.9. The minimum atomic E-state index is 0.290. The molecule has 0 spiro atoms. The molecule has 0 fully saturated rings. The Bertz CT molecular complexity index is 1350. The summed E-state index contributed by atoms with van der Waals surface area (Å²) < 4.78 is 6.31. The van der Waals surface area contributed by atoms with Gasteiger partial charge in [-0.1, -0.05) is 12.5 Å². The van der Waals surface area contributed by atoms with Gasteiger partial charge < -0.3 is 10.1 Å². The van der Waals surface area contributed by atoms with Gasteiger partial charge in [0.05, 0.1) is 10.2 Å². The van der Waals surface area contributed by atoms with Gasteiger partial charge >= 0.3 is 0 Å². The van der Waals surface area contributed by atoms with Gasteiger partial charge in [0.2, 0.25) is 0 Å². The van der Waals surface area contributed by atoms with Crippen LogP contribution < -0.4 is 5.32 Å². The number of pyridine rings is 1. The summed E-state index contributed by atoms with van der Waals surface area (Å²) in [7, 11) is 1.73. The summed E-state index contributed by atoms with van der Waals surface area (Å²) >= 11 is 3.55. The van der Waals surface area contributed by atoms with E-state index in [-0.39, 0.29) is 6.04 Å². The third-order valence-corrected chi connectivity index (χ3v) is 9.28. The average molecular weight is 520 g/mol. The Morgan fingerprint density at radius 3 is 2.72 bits per heavy atom. The molecule has 0 aliphatic carbocycles. The van der Waals surface area contributed by atoms with E-state index in [0.717, 1.165) is 48.4 Å². The Labute approximate surface area is 221 Å². The van der Waals surface area contributed by atoms with E-state index < -0.39 is 0 Å². The van der Waals surface area contributed by atoms with E-state index in [0.29, 0.717) is 24.7 Å². The first-order valence-corrected chi connectivity index (χ1v) is 14.4. The summed E-state index contributed by atoms with van der Waals surface area (Å²) in [4.78, 5) is 24.8. The maximum atomic E-state index is 13.0. The van der Waals surface area contributed by atoms with Crippen molar-refractivity contribution >= 4 is 38.7 Å². The maximum Gasteiger partial charge on any atom is 0.138 e. The Balaban J connectivity index is 1.47. The zero-order valence-corrected chi connectivity index (χ0v) is 22.8. The summed E-state index contributed by atoms with van der Waals surface area (Å²) in [6.07, 6.45) is 8.71. The van der Waals surface area contributed by atoms with Crippen LogP contribution >= 0.6 is 22.7 Å². The van der Waals surface area contributed by atoms with E-state index in [9.17, 15) is 4.79 Å². The van der Waals surface area contributed by atoms with Crippen LogP contribution in [0.3, 0.4) is 0 Å². The first-order valence-electron chi connectivity index (χ1n) is 12.8. The molecular weight excluding hydrogens is 486 g/mol. The molecule has 0 saturated heterocycles. The number of carbonyl (C=O) groups is 1. The number of methoxy groups -OCH3 is 1. The molecule has 0 radical (unpaired) electrons. The van der Waals surface area contributed by atoms with Crippen LogP contribution in [-0.2, 0) is 22.4 Å². The predicted molar refractivity (Wildman–Crippen MR) is 150 cm³/mol. The second-order valence-electron chi connectivity index (χ2n) is 9.69. The number of nitrogens with zero attached hydrogens (tertiary/aromatic N) is 2. The van der Waals surface area contributed by atoms with Gasteiger partial charge in [0.25, 0.3) is 0 Å². The number of ketones is 1. The normalized spacial score (nSPS) is 17.4. The van der Waals surface area contributed by atoms with Gasteiger partial charge in [0, 0.05) is 66.4 Å². The maximum absolute atomic E-state index is 13.0. The zero-order valence-electron chi connectivity index (χ0n) is 21.2. The molecular formula is C29H33N3O2S2. The number of carbonyl (C=O) groups excluding carboxylic acids is 1. The predicted octanol–water partition coefficient (Wildman–Crippen LogP) is 7.00. The fraction of sp³-hybridized carbons (Fsp3) is 0.414. The van der Waals surface area contributed by atoms with E-state index in [1.54, 1.807) is 18.4 Å². The van der Waals surface area contributed by atoms with Crippen molar-refractivity contribution in [3.63, 3.8) is 0 Å². The Hall–Kier alpha value is -2.45. The lowest BCUT2D eigenvalue weighted by atomic mass is 9.94. The summed E-state index contributed by atoms with van der Waals surface area (Å²) in [5, 5.41) is 4.72. The Morgan fingerprint density at radius 2 is 1.92 bits per heavy atom. The van der Waals surface area contributed by atoms with Gasteiger partial charge in [0.15, 0.2) is 0 Å². The topological polar surface area (TPSA) is 64.1 Å². The SMILES string of the molecule is COCCCCCC(=O)Cc1sc2c(c1-c1nc3ccc(-c4ccncc4)cc3s1)CC(C)NC2C. The summed E-state index contributed by atoms with van der Waals surface area (Å²) in [6, 6.07) is 11.2. The molecule has 0 saturated carbocycles. The van der Waals surface area contributed by atoms with E-state index >= 15 is 0 Å². The van der Waals surface area contributed by atoms with E-state index in [1.807, 2.05) is 35.9 Å². The molecule has 7 heteroatoms. The Morgan fingerprint density at radius 1 is 1.08 bits per heavy atom. The van der Waals surface area contributed by atoms with Gasteiger partial charge in [-0.25, -0.2) is 4.98 Å². The molecule has 1 aliphatic rings. The quantitative estimate of drug-likeness (QED) is 0.229. The summed E-state index contributed by atoms with van der Waals surface area (Å²) in [5.41, 5.74) is 5.94. The number of benzene rings is 1. The minimum Gasteiger partial charge on any atom is -0.385 e. The molecule has 2 atom stereocenters. The molecule has 0 amide bonds. The van der Waals surface area contributed by atoms with Crippen molar-refractivity contribution in [2.75, 3.05) is 13.7 Å². The first-order chi connectivity index (χ1) is 17.5. The fourth-order valence-corrected chi connectivity index (χ4v) is 7.64. The van der Waals surface area contributed by atoms with Gasteiger partial charge in [-0.3, -0.25) is 9.78 Å². The minimum absolute atomic E-state index is 0.290. The molecule has 4 heterocycles. The van der Waals surface area contributed by atoms with Crippen molar-refractivity contribution in [3.05, 3.63) is 58.0 Å². The smallest absolute Gasteiger partial charge is 0.138 e. The van der Waals surface area contributed by atoms with Crippen molar-refractivity contribution in [1.82, 2.24) is 15.3 Å². The highest BCUT2D eigenvalue weighted by molar-refractivity contribution is 7.22. The number of thiazole rings is 1. The number of ether oxygens (including phenoxy) is 1. The van der Waals surface area contributed by atoms with Crippen molar-refractivity contribution in [3.8, 4) is 21.7 Å². The summed E-state index contributed by atoms with van der Waals surface area (Å²) in [6.45, 7) is 5.24. The lowest BCUT2D eigenvalue weighted by molar-refractivity contribution is -0.118. The highest BCUT2D eigenvalue weighted by Gasteiger charge is 2.30. The lowest BCUT2D eigenvalue weighted by Crippen LogP contribution is -2.35. The van der Waals surface area contributed by atoms with Crippen LogP contribution in [0.4, 0.5) is 0 Å². The van der Waals surface area contributed by atoms with Crippen LogP contribution in [0.5, 0.6) is 0 Å². The van der Waals surface area contributed by atoms with Crippen LogP contribution in [0, 0.1) is 0 Å². The molecule has 5 rings (SSSR count). The van der Waals surface area contributed by atoms with Gasteiger partial charge in [-0.15, -0.1) is 22.7 Å². The Kier molecular flexibility index (Phi) is 7.91. The van der Waals surface area contributed by atoms with Crippen LogP contribution in [0.2, 0.25) is 0 Å². The van der Waals surface area contributed by atoms with Gasteiger partial charge in [-0.05, 0) is 74.1 Å². The lowest BCUT2D eigenvalue weighted by Gasteiger charge is -2.26. The van der Waals surface area contributed by atoms with Crippen molar-refractivity contribution < 1.29 is 9.53 Å².